The van der Waals surface area contributed by atoms with E-state index in [0.29, 0.717) is 27.2 Å². The SMILES string of the molecule is CC(C)Oc1ccccc1C(=O)Nc1nnc(-c2ccco2)s1. The van der Waals surface area contributed by atoms with Crippen LogP contribution in [0.4, 0.5) is 5.13 Å². The lowest BCUT2D eigenvalue weighted by Gasteiger charge is -2.13. The third-order valence-electron chi connectivity index (χ3n) is 2.87. The van der Waals surface area contributed by atoms with E-state index in [1.54, 1.807) is 36.6 Å². The first-order chi connectivity index (χ1) is 11.1. The van der Waals surface area contributed by atoms with Gasteiger partial charge < -0.3 is 9.15 Å². The van der Waals surface area contributed by atoms with Gasteiger partial charge in [-0.05, 0) is 38.1 Å². The average Bonchev–Trinajstić information content (AvgIpc) is 3.17. The van der Waals surface area contributed by atoms with Crippen LogP contribution in [0, 0.1) is 0 Å². The van der Waals surface area contributed by atoms with Gasteiger partial charge in [0.25, 0.3) is 5.91 Å². The van der Waals surface area contributed by atoms with Crippen molar-refractivity contribution in [2.75, 3.05) is 5.32 Å². The van der Waals surface area contributed by atoms with Gasteiger partial charge in [-0.2, -0.15) is 0 Å². The second kappa shape index (κ2) is 6.62. The van der Waals surface area contributed by atoms with Crippen molar-refractivity contribution in [3.05, 3.63) is 48.2 Å². The Balaban J connectivity index is 1.77. The molecule has 0 aliphatic heterocycles. The van der Waals surface area contributed by atoms with Crippen LogP contribution in [0.5, 0.6) is 5.75 Å². The number of nitrogens with zero attached hydrogens (tertiary/aromatic N) is 2. The number of carbonyl (C=O) groups is 1. The van der Waals surface area contributed by atoms with Gasteiger partial charge in [0, 0.05) is 0 Å². The second-order valence-corrected chi connectivity index (χ2v) is 5.98. The van der Waals surface area contributed by atoms with Crippen LogP contribution in [-0.4, -0.2) is 22.2 Å². The predicted molar refractivity (Wildman–Crippen MR) is 87.8 cm³/mol. The number of nitrogens with one attached hydrogen (secondary N) is 1. The van der Waals surface area contributed by atoms with Crippen LogP contribution in [0.15, 0.2) is 47.1 Å². The zero-order chi connectivity index (χ0) is 16.2. The zero-order valence-electron chi connectivity index (χ0n) is 12.6. The molecule has 0 atom stereocenters. The molecule has 1 amide bonds. The molecule has 0 bridgehead atoms. The molecular weight excluding hydrogens is 314 g/mol. The minimum Gasteiger partial charge on any atom is -0.490 e. The molecule has 1 aromatic carbocycles. The number of benzene rings is 1. The minimum atomic E-state index is -0.289. The lowest BCUT2D eigenvalue weighted by atomic mass is 10.2. The van der Waals surface area contributed by atoms with Gasteiger partial charge >= 0.3 is 0 Å². The molecule has 0 saturated heterocycles. The number of ether oxygens (including phenoxy) is 1. The minimum absolute atomic E-state index is 0.0176. The van der Waals surface area contributed by atoms with E-state index in [4.69, 9.17) is 9.15 Å². The van der Waals surface area contributed by atoms with Crippen molar-refractivity contribution in [1.82, 2.24) is 10.2 Å². The van der Waals surface area contributed by atoms with Crippen LogP contribution in [0.1, 0.15) is 24.2 Å². The molecule has 0 aliphatic carbocycles. The summed E-state index contributed by atoms with van der Waals surface area (Å²) in [6, 6.07) is 10.7. The van der Waals surface area contributed by atoms with E-state index in [9.17, 15) is 4.79 Å². The van der Waals surface area contributed by atoms with E-state index >= 15 is 0 Å². The lowest BCUT2D eigenvalue weighted by Crippen LogP contribution is -2.15. The Hall–Kier alpha value is -2.67. The van der Waals surface area contributed by atoms with E-state index < -0.39 is 0 Å². The molecule has 23 heavy (non-hydrogen) atoms. The van der Waals surface area contributed by atoms with Crippen molar-refractivity contribution < 1.29 is 13.9 Å². The van der Waals surface area contributed by atoms with Gasteiger partial charge in [-0.1, -0.05) is 23.5 Å². The summed E-state index contributed by atoms with van der Waals surface area (Å²) < 4.78 is 10.9. The monoisotopic (exact) mass is 329 g/mol. The molecule has 3 aromatic rings. The fraction of sp³-hybridized carbons (Fsp3) is 0.188. The molecule has 0 unspecified atom stereocenters. The molecule has 0 radical (unpaired) electrons. The molecule has 118 valence electrons. The Labute approximate surface area is 137 Å². The molecule has 0 aliphatic rings. The highest BCUT2D eigenvalue weighted by atomic mass is 32.1. The normalized spacial score (nSPS) is 10.7. The highest BCUT2D eigenvalue weighted by molar-refractivity contribution is 7.18. The maximum absolute atomic E-state index is 12.4. The van der Waals surface area contributed by atoms with Gasteiger partial charge in [-0.3, -0.25) is 10.1 Å². The summed E-state index contributed by atoms with van der Waals surface area (Å²) in [6.07, 6.45) is 1.55. The Morgan fingerprint density at radius 3 is 2.78 bits per heavy atom. The Bertz CT molecular complexity index is 797. The third kappa shape index (κ3) is 3.57. The van der Waals surface area contributed by atoms with Crippen molar-refractivity contribution in [3.8, 4) is 16.5 Å². The molecule has 7 heteroatoms. The van der Waals surface area contributed by atoms with E-state index in [-0.39, 0.29) is 12.0 Å². The van der Waals surface area contributed by atoms with Gasteiger partial charge in [0.2, 0.25) is 5.13 Å². The highest BCUT2D eigenvalue weighted by Gasteiger charge is 2.16. The number of carbonyl (C=O) groups excluding carboxylic acids is 1. The van der Waals surface area contributed by atoms with Crippen LogP contribution >= 0.6 is 11.3 Å². The number of aromatic nitrogens is 2. The van der Waals surface area contributed by atoms with Crippen molar-refractivity contribution in [1.29, 1.82) is 0 Å². The first kappa shape index (κ1) is 15.2. The molecule has 0 fully saturated rings. The number of amides is 1. The topological polar surface area (TPSA) is 77.2 Å². The maximum atomic E-state index is 12.4. The second-order valence-electron chi connectivity index (χ2n) is 5.01. The summed E-state index contributed by atoms with van der Waals surface area (Å²) in [7, 11) is 0. The number of hydrogen-bond acceptors (Lipinski definition) is 6. The first-order valence-corrected chi connectivity index (χ1v) is 7.89. The van der Waals surface area contributed by atoms with E-state index in [2.05, 4.69) is 15.5 Å². The van der Waals surface area contributed by atoms with Crippen LogP contribution in [-0.2, 0) is 0 Å². The fourth-order valence-electron chi connectivity index (χ4n) is 1.95. The third-order valence-corrected chi connectivity index (χ3v) is 3.73. The van der Waals surface area contributed by atoms with Gasteiger partial charge in [0.1, 0.15) is 5.75 Å². The summed E-state index contributed by atoms with van der Waals surface area (Å²) in [5.74, 6) is 0.866. The summed E-state index contributed by atoms with van der Waals surface area (Å²) in [6.45, 7) is 3.82. The molecular formula is C16H15N3O3S. The molecule has 2 aromatic heterocycles. The smallest absolute Gasteiger partial charge is 0.261 e. The zero-order valence-corrected chi connectivity index (χ0v) is 13.5. The molecule has 6 nitrogen and oxygen atoms in total. The fourth-order valence-corrected chi connectivity index (χ4v) is 2.66. The van der Waals surface area contributed by atoms with Crippen LogP contribution in [0.25, 0.3) is 10.8 Å². The molecule has 0 saturated carbocycles. The van der Waals surface area contributed by atoms with Crippen molar-refractivity contribution in [3.63, 3.8) is 0 Å². The lowest BCUT2D eigenvalue weighted by molar-refractivity contribution is 0.102. The quantitative estimate of drug-likeness (QED) is 0.769. The Morgan fingerprint density at radius 2 is 2.04 bits per heavy atom. The number of hydrogen-bond donors (Lipinski definition) is 1. The summed E-state index contributed by atoms with van der Waals surface area (Å²) in [4.78, 5) is 12.4. The number of anilines is 1. The van der Waals surface area contributed by atoms with Gasteiger partial charge in [-0.25, -0.2) is 0 Å². The van der Waals surface area contributed by atoms with Crippen LogP contribution < -0.4 is 10.1 Å². The van der Waals surface area contributed by atoms with Crippen molar-refractivity contribution in [2.24, 2.45) is 0 Å². The summed E-state index contributed by atoms with van der Waals surface area (Å²) >= 11 is 1.24. The van der Waals surface area contributed by atoms with Gasteiger partial charge in [0.15, 0.2) is 10.8 Å². The Kier molecular flexibility index (Phi) is 4.38. The first-order valence-electron chi connectivity index (χ1n) is 7.08. The standard InChI is InChI=1S/C16H15N3O3S/c1-10(2)22-12-7-4-3-6-11(12)14(20)17-16-19-18-15(23-16)13-8-5-9-21-13/h3-10H,1-2H3,(H,17,19,20). The van der Waals surface area contributed by atoms with Crippen molar-refractivity contribution >= 4 is 22.4 Å². The van der Waals surface area contributed by atoms with E-state index in [1.807, 2.05) is 19.9 Å². The van der Waals surface area contributed by atoms with Crippen molar-refractivity contribution in [2.45, 2.75) is 20.0 Å². The summed E-state index contributed by atoms with van der Waals surface area (Å²) in [5.41, 5.74) is 0.455. The molecule has 2 heterocycles. The van der Waals surface area contributed by atoms with Gasteiger partial charge in [-0.15, -0.1) is 10.2 Å². The number of para-hydroxylation sites is 1. The van der Waals surface area contributed by atoms with Gasteiger partial charge in [0.05, 0.1) is 17.9 Å². The van der Waals surface area contributed by atoms with E-state index in [0.717, 1.165) is 0 Å². The number of rotatable bonds is 5. The predicted octanol–water partition coefficient (Wildman–Crippen LogP) is 3.84. The Morgan fingerprint density at radius 1 is 1.22 bits per heavy atom. The largest absolute Gasteiger partial charge is 0.490 e. The summed E-state index contributed by atoms with van der Waals surface area (Å²) in [5, 5.41) is 11.7. The molecule has 1 N–H and O–H groups in total. The van der Waals surface area contributed by atoms with E-state index in [1.165, 1.54) is 11.3 Å². The number of furan rings is 1. The molecule has 3 rings (SSSR count). The van der Waals surface area contributed by atoms with Crippen LogP contribution in [0.2, 0.25) is 0 Å². The highest BCUT2D eigenvalue weighted by Crippen LogP contribution is 2.27. The average molecular weight is 329 g/mol. The van der Waals surface area contributed by atoms with Crippen LogP contribution in [0.3, 0.4) is 0 Å². The maximum Gasteiger partial charge on any atom is 0.261 e. The molecule has 0 spiro atoms.